The fourth-order valence-electron chi connectivity index (χ4n) is 2.97. The lowest BCUT2D eigenvalue weighted by atomic mass is 10.2. The third-order valence-corrected chi connectivity index (χ3v) is 6.05. The Morgan fingerprint density at radius 1 is 0.875 bits per heavy atom. The van der Waals surface area contributed by atoms with Crippen molar-refractivity contribution in [1.29, 1.82) is 0 Å². The first-order valence-electron chi connectivity index (χ1n) is 9.66. The van der Waals surface area contributed by atoms with Crippen LogP contribution < -0.4 is 24.2 Å². The number of hydrogen-bond acceptors (Lipinski definition) is 6. The zero-order chi connectivity index (χ0) is 23.1. The molecule has 3 aromatic carbocycles. The van der Waals surface area contributed by atoms with Gasteiger partial charge in [0.1, 0.15) is 5.75 Å². The van der Waals surface area contributed by atoms with Gasteiger partial charge in [-0.1, -0.05) is 30.3 Å². The number of sulfonamides is 1. The molecule has 3 aromatic rings. The number of methoxy groups -OCH3 is 2. The largest absolute Gasteiger partial charge is 0.495 e. The van der Waals surface area contributed by atoms with Crippen LogP contribution in [0.1, 0.15) is 5.56 Å². The highest BCUT2D eigenvalue weighted by Gasteiger charge is 2.20. The van der Waals surface area contributed by atoms with Gasteiger partial charge in [0.15, 0.2) is 18.1 Å². The van der Waals surface area contributed by atoms with Crippen molar-refractivity contribution in [2.24, 2.45) is 0 Å². The minimum absolute atomic E-state index is 0.0341. The fourth-order valence-corrected chi connectivity index (χ4v) is 4.32. The molecule has 0 fully saturated rings. The second-order valence-corrected chi connectivity index (χ2v) is 8.42. The summed E-state index contributed by atoms with van der Waals surface area (Å²) < 4.78 is 44.4. The summed E-state index contributed by atoms with van der Waals surface area (Å²) in [5, 5.41) is 2.65. The first kappa shape index (κ1) is 23.0. The molecule has 8 nitrogen and oxygen atoms in total. The van der Waals surface area contributed by atoms with Gasteiger partial charge in [-0.15, -0.1) is 0 Å². The van der Waals surface area contributed by atoms with Crippen molar-refractivity contribution in [3.05, 3.63) is 72.3 Å². The van der Waals surface area contributed by atoms with Crippen molar-refractivity contribution in [2.45, 2.75) is 11.8 Å². The van der Waals surface area contributed by atoms with E-state index in [4.69, 9.17) is 14.2 Å². The third-order valence-electron chi connectivity index (χ3n) is 4.54. The van der Waals surface area contributed by atoms with E-state index in [0.717, 1.165) is 0 Å². The number of benzene rings is 3. The maximum absolute atomic E-state index is 13.0. The molecule has 3 rings (SSSR count). The second-order valence-electron chi connectivity index (χ2n) is 6.77. The first-order chi connectivity index (χ1) is 15.3. The summed E-state index contributed by atoms with van der Waals surface area (Å²) in [4.78, 5) is 12.4. The molecule has 0 unspecified atom stereocenters. The van der Waals surface area contributed by atoms with Gasteiger partial charge < -0.3 is 19.5 Å². The summed E-state index contributed by atoms with van der Waals surface area (Å²) in [5.41, 5.74) is 1.16. The van der Waals surface area contributed by atoms with Crippen LogP contribution in [0, 0.1) is 6.92 Å². The summed E-state index contributed by atoms with van der Waals surface area (Å²) in [6.45, 7) is 1.41. The molecule has 2 N–H and O–H groups in total. The number of aryl methyl sites for hydroxylation is 1. The van der Waals surface area contributed by atoms with Crippen molar-refractivity contribution in [3.8, 4) is 17.2 Å². The molecule has 0 atom stereocenters. The minimum atomic E-state index is -3.93. The molecule has 0 saturated heterocycles. The van der Waals surface area contributed by atoms with E-state index in [1.54, 1.807) is 67.6 Å². The van der Waals surface area contributed by atoms with Crippen LogP contribution in [0.25, 0.3) is 0 Å². The normalized spacial score (nSPS) is 10.8. The molecule has 0 spiro atoms. The Morgan fingerprint density at radius 3 is 2.19 bits per heavy atom. The number of ether oxygens (including phenoxy) is 3. The maximum Gasteiger partial charge on any atom is 0.262 e. The van der Waals surface area contributed by atoms with Crippen molar-refractivity contribution in [2.75, 3.05) is 30.9 Å². The van der Waals surface area contributed by atoms with E-state index in [2.05, 4.69) is 10.0 Å². The lowest BCUT2D eigenvalue weighted by Crippen LogP contribution is -2.21. The second kappa shape index (κ2) is 10.1. The number of nitrogens with one attached hydrogen (secondary N) is 2. The highest BCUT2D eigenvalue weighted by Crippen LogP contribution is 2.29. The predicted octanol–water partition coefficient (Wildman–Crippen LogP) is 3.83. The number of para-hydroxylation sites is 4. The van der Waals surface area contributed by atoms with Gasteiger partial charge in [-0.25, -0.2) is 8.42 Å². The van der Waals surface area contributed by atoms with Crippen molar-refractivity contribution >= 4 is 27.3 Å². The Balaban J connectivity index is 1.74. The van der Waals surface area contributed by atoms with Gasteiger partial charge >= 0.3 is 0 Å². The standard InChI is InChI=1S/C23H24N2O6S/c1-16-12-13-17(24-23(26)15-31-21-11-7-6-10-20(21)30-3)14-22(16)32(27,28)25-18-8-4-5-9-19(18)29-2/h4-14,25H,15H2,1-3H3,(H,24,26). The Hall–Kier alpha value is -3.72. The molecule has 0 bridgehead atoms. The van der Waals surface area contributed by atoms with Crippen LogP contribution >= 0.6 is 0 Å². The number of carbonyl (C=O) groups is 1. The summed E-state index contributed by atoms with van der Waals surface area (Å²) in [5.74, 6) is 0.886. The molecule has 0 saturated carbocycles. The minimum Gasteiger partial charge on any atom is -0.495 e. The van der Waals surface area contributed by atoms with Crippen molar-refractivity contribution in [3.63, 3.8) is 0 Å². The zero-order valence-corrected chi connectivity index (χ0v) is 18.7. The Labute approximate surface area is 187 Å². The van der Waals surface area contributed by atoms with E-state index in [1.807, 2.05) is 0 Å². The van der Waals surface area contributed by atoms with E-state index in [1.165, 1.54) is 20.3 Å². The summed E-state index contributed by atoms with van der Waals surface area (Å²) >= 11 is 0. The molecule has 0 radical (unpaired) electrons. The van der Waals surface area contributed by atoms with Crippen molar-refractivity contribution in [1.82, 2.24) is 0 Å². The van der Waals surface area contributed by atoms with Gasteiger partial charge in [-0.05, 0) is 48.9 Å². The number of anilines is 2. The maximum atomic E-state index is 13.0. The van der Waals surface area contributed by atoms with E-state index < -0.39 is 15.9 Å². The Bertz CT molecular complexity index is 1210. The Morgan fingerprint density at radius 2 is 1.50 bits per heavy atom. The molecular formula is C23H24N2O6S. The van der Waals surface area contributed by atoms with E-state index in [-0.39, 0.29) is 11.5 Å². The smallest absolute Gasteiger partial charge is 0.262 e. The molecule has 9 heteroatoms. The van der Waals surface area contributed by atoms with Gasteiger partial charge in [0.05, 0.1) is 24.8 Å². The molecule has 0 aliphatic heterocycles. The van der Waals surface area contributed by atoms with Gasteiger partial charge in [0, 0.05) is 5.69 Å². The van der Waals surface area contributed by atoms with Crippen LogP contribution in [0.15, 0.2) is 71.6 Å². The number of hydrogen-bond donors (Lipinski definition) is 2. The number of rotatable bonds is 9. The fraction of sp³-hybridized carbons (Fsp3) is 0.174. The molecule has 32 heavy (non-hydrogen) atoms. The number of amides is 1. The van der Waals surface area contributed by atoms with Crippen LogP contribution in [0.5, 0.6) is 17.2 Å². The van der Waals surface area contributed by atoms with Crippen molar-refractivity contribution < 1.29 is 27.4 Å². The van der Waals surface area contributed by atoms with Gasteiger partial charge in [-0.2, -0.15) is 0 Å². The lowest BCUT2D eigenvalue weighted by molar-refractivity contribution is -0.118. The van der Waals surface area contributed by atoms with E-state index in [9.17, 15) is 13.2 Å². The molecule has 1 amide bonds. The third kappa shape index (κ3) is 5.50. The summed E-state index contributed by atoms with van der Waals surface area (Å²) in [7, 11) is -0.959. The Kier molecular flexibility index (Phi) is 7.21. The monoisotopic (exact) mass is 456 g/mol. The average Bonchev–Trinajstić information content (AvgIpc) is 2.79. The topological polar surface area (TPSA) is 103 Å². The van der Waals surface area contributed by atoms with Gasteiger partial charge in [-0.3, -0.25) is 9.52 Å². The van der Waals surface area contributed by atoms with Crippen LogP contribution in [-0.2, 0) is 14.8 Å². The first-order valence-corrected chi connectivity index (χ1v) is 11.1. The van der Waals surface area contributed by atoms with Crippen LogP contribution in [-0.4, -0.2) is 35.2 Å². The van der Waals surface area contributed by atoms with Crippen LogP contribution in [0.2, 0.25) is 0 Å². The SMILES string of the molecule is COc1ccccc1NS(=O)(=O)c1cc(NC(=O)COc2ccccc2OC)ccc1C. The quantitative estimate of drug-likeness (QED) is 0.507. The lowest BCUT2D eigenvalue weighted by Gasteiger charge is -2.15. The highest BCUT2D eigenvalue weighted by atomic mass is 32.2. The number of carbonyl (C=O) groups excluding carboxylic acids is 1. The van der Waals surface area contributed by atoms with Gasteiger partial charge in [0.2, 0.25) is 0 Å². The molecule has 0 heterocycles. The summed E-state index contributed by atoms with van der Waals surface area (Å²) in [6, 6.07) is 18.3. The molecular weight excluding hydrogens is 432 g/mol. The molecule has 0 aromatic heterocycles. The van der Waals surface area contributed by atoms with E-state index in [0.29, 0.717) is 34.2 Å². The molecule has 0 aliphatic rings. The zero-order valence-electron chi connectivity index (χ0n) is 17.9. The van der Waals surface area contributed by atoms with Crippen LogP contribution in [0.3, 0.4) is 0 Å². The van der Waals surface area contributed by atoms with Gasteiger partial charge in [0.25, 0.3) is 15.9 Å². The molecule has 168 valence electrons. The highest BCUT2D eigenvalue weighted by molar-refractivity contribution is 7.92. The summed E-state index contributed by atoms with van der Waals surface area (Å²) in [6.07, 6.45) is 0. The van der Waals surface area contributed by atoms with E-state index >= 15 is 0 Å². The van der Waals surface area contributed by atoms with Crippen LogP contribution in [0.4, 0.5) is 11.4 Å². The average molecular weight is 457 g/mol. The molecule has 0 aliphatic carbocycles. The predicted molar refractivity (Wildman–Crippen MR) is 122 cm³/mol.